The molecule has 1 fully saturated rings. The van der Waals surface area contributed by atoms with Crippen molar-refractivity contribution in [2.75, 3.05) is 13.1 Å². The van der Waals surface area contributed by atoms with E-state index in [-0.39, 0.29) is 10.8 Å². The van der Waals surface area contributed by atoms with Crippen LogP contribution < -0.4 is 5.32 Å². The minimum Gasteiger partial charge on any atom is -0.317 e. The van der Waals surface area contributed by atoms with Gasteiger partial charge in [-0.15, -0.1) is 0 Å². The number of rotatable bonds is 3. The number of hydrogen-bond acceptors (Lipinski definition) is 4. The quantitative estimate of drug-likeness (QED) is 0.769. The minimum atomic E-state index is -3.72. The molecule has 26 heavy (non-hydrogen) atoms. The molecule has 2 heterocycles. The maximum Gasteiger partial charge on any atom is 0.283 e. The fourth-order valence-corrected chi connectivity index (χ4v) is 4.91. The Kier molecular flexibility index (Phi) is 4.32. The monoisotopic (exact) mass is 369 g/mol. The Morgan fingerprint density at radius 3 is 2.35 bits per heavy atom. The molecule has 0 atom stereocenters. The molecule has 3 aromatic rings. The lowest BCUT2D eigenvalue weighted by molar-refractivity contribution is 0.453. The number of hydrogen-bond donors (Lipinski definition) is 1. The topological polar surface area (TPSA) is 64.0 Å². The van der Waals surface area contributed by atoms with Crippen LogP contribution in [-0.4, -0.2) is 30.7 Å². The Morgan fingerprint density at radius 1 is 1.00 bits per heavy atom. The molecular weight excluding hydrogens is 346 g/mol. The standard InChI is InChI=1S/C20H23N3O2S/c1-14-3-6-17(7-4-14)26(24,25)23-19-8-5-15(2)13-18(19)20(22-23)16-9-11-21-12-10-16/h3-8,13,16,21H,9-12H2,1-2H3. The van der Waals surface area contributed by atoms with Crippen LogP contribution in [0.3, 0.4) is 0 Å². The van der Waals surface area contributed by atoms with E-state index in [1.54, 1.807) is 12.1 Å². The van der Waals surface area contributed by atoms with Gasteiger partial charge in [-0.2, -0.15) is 17.6 Å². The highest BCUT2D eigenvalue weighted by atomic mass is 32.2. The van der Waals surface area contributed by atoms with Crippen molar-refractivity contribution in [1.82, 2.24) is 14.5 Å². The second-order valence-electron chi connectivity index (χ2n) is 7.09. The summed E-state index contributed by atoms with van der Waals surface area (Å²) in [6.45, 7) is 5.85. The molecule has 0 aliphatic carbocycles. The van der Waals surface area contributed by atoms with Gasteiger partial charge in [0.25, 0.3) is 10.0 Å². The zero-order valence-electron chi connectivity index (χ0n) is 15.1. The molecule has 0 spiro atoms. The van der Waals surface area contributed by atoms with E-state index in [0.29, 0.717) is 5.52 Å². The SMILES string of the molecule is Cc1ccc(S(=O)(=O)n2nc(C3CCNCC3)c3cc(C)ccc32)cc1. The number of piperidine rings is 1. The van der Waals surface area contributed by atoms with Crippen molar-refractivity contribution in [2.24, 2.45) is 0 Å². The van der Waals surface area contributed by atoms with Gasteiger partial charge in [0.15, 0.2) is 0 Å². The fraction of sp³-hybridized carbons (Fsp3) is 0.350. The Balaban J connectivity index is 1.91. The molecule has 2 aromatic carbocycles. The fourth-order valence-electron chi connectivity index (χ4n) is 3.62. The van der Waals surface area contributed by atoms with Crippen molar-refractivity contribution >= 4 is 20.9 Å². The second-order valence-corrected chi connectivity index (χ2v) is 8.86. The van der Waals surface area contributed by atoms with Crippen molar-refractivity contribution in [3.05, 3.63) is 59.3 Å². The van der Waals surface area contributed by atoms with Crippen molar-refractivity contribution in [3.63, 3.8) is 0 Å². The third-order valence-corrected chi connectivity index (χ3v) is 6.71. The number of nitrogens with one attached hydrogen (secondary N) is 1. The molecule has 6 heteroatoms. The van der Waals surface area contributed by atoms with Gasteiger partial charge in [0, 0.05) is 11.3 Å². The van der Waals surface area contributed by atoms with Crippen molar-refractivity contribution in [2.45, 2.75) is 37.5 Å². The van der Waals surface area contributed by atoms with E-state index in [4.69, 9.17) is 0 Å². The Labute approximate surface area is 154 Å². The highest BCUT2D eigenvalue weighted by Crippen LogP contribution is 2.33. The largest absolute Gasteiger partial charge is 0.317 e. The van der Waals surface area contributed by atoms with E-state index in [1.165, 1.54) is 4.09 Å². The smallest absolute Gasteiger partial charge is 0.283 e. The van der Waals surface area contributed by atoms with Gasteiger partial charge in [0.2, 0.25) is 0 Å². The van der Waals surface area contributed by atoms with Gasteiger partial charge in [0.05, 0.1) is 16.1 Å². The van der Waals surface area contributed by atoms with E-state index >= 15 is 0 Å². The van der Waals surface area contributed by atoms with Gasteiger partial charge in [-0.1, -0.05) is 29.3 Å². The maximum atomic E-state index is 13.2. The summed E-state index contributed by atoms with van der Waals surface area (Å²) in [6.07, 6.45) is 1.95. The zero-order valence-corrected chi connectivity index (χ0v) is 15.9. The number of fused-ring (bicyclic) bond motifs is 1. The predicted octanol–water partition coefficient (Wildman–Crippen LogP) is 3.36. The number of nitrogens with zero attached hydrogens (tertiary/aromatic N) is 2. The first kappa shape index (κ1) is 17.2. The molecule has 0 saturated carbocycles. The first-order valence-corrected chi connectivity index (χ1v) is 10.4. The minimum absolute atomic E-state index is 0.268. The van der Waals surface area contributed by atoms with E-state index in [1.807, 2.05) is 38.1 Å². The van der Waals surface area contributed by atoms with Crippen LogP contribution in [0.2, 0.25) is 0 Å². The molecule has 1 saturated heterocycles. The molecule has 0 unspecified atom stereocenters. The average molecular weight is 369 g/mol. The third-order valence-electron chi connectivity index (χ3n) is 5.11. The summed E-state index contributed by atoms with van der Waals surface area (Å²) < 4.78 is 27.7. The van der Waals surface area contributed by atoms with Crippen molar-refractivity contribution < 1.29 is 8.42 Å². The Hall–Kier alpha value is -2.18. The second kappa shape index (κ2) is 6.52. The van der Waals surface area contributed by atoms with Crippen LogP contribution >= 0.6 is 0 Å². The van der Waals surface area contributed by atoms with E-state index in [0.717, 1.165) is 48.1 Å². The molecule has 0 radical (unpaired) electrons. The number of aryl methyl sites for hydroxylation is 2. The van der Waals surface area contributed by atoms with Gasteiger partial charge in [-0.3, -0.25) is 0 Å². The average Bonchev–Trinajstić information content (AvgIpc) is 3.02. The molecular formula is C20H23N3O2S. The highest BCUT2D eigenvalue weighted by Gasteiger charge is 2.27. The van der Waals surface area contributed by atoms with Gasteiger partial charge in [0.1, 0.15) is 0 Å². The molecule has 0 bridgehead atoms. The summed E-state index contributed by atoms with van der Waals surface area (Å²) in [4.78, 5) is 0.268. The van der Waals surface area contributed by atoms with E-state index in [2.05, 4.69) is 16.5 Å². The van der Waals surface area contributed by atoms with Gasteiger partial charge in [-0.25, -0.2) is 0 Å². The summed E-state index contributed by atoms with van der Waals surface area (Å²) in [6, 6.07) is 12.8. The normalized spacial score (nSPS) is 16.2. The molecule has 5 nitrogen and oxygen atoms in total. The Morgan fingerprint density at radius 2 is 1.65 bits per heavy atom. The van der Waals surface area contributed by atoms with E-state index < -0.39 is 10.0 Å². The predicted molar refractivity (Wildman–Crippen MR) is 103 cm³/mol. The lowest BCUT2D eigenvalue weighted by Gasteiger charge is -2.21. The zero-order chi connectivity index (χ0) is 18.3. The van der Waals surface area contributed by atoms with Gasteiger partial charge in [-0.05, 0) is 64.0 Å². The summed E-state index contributed by atoms with van der Waals surface area (Å²) in [5.74, 6) is 0.287. The molecule has 1 aliphatic heterocycles. The van der Waals surface area contributed by atoms with Crippen LogP contribution in [0.4, 0.5) is 0 Å². The first-order valence-electron chi connectivity index (χ1n) is 8.99. The van der Waals surface area contributed by atoms with Crippen LogP contribution in [0.25, 0.3) is 10.9 Å². The first-order chi connectivity index (χ1) is 12.5. The maximum absolute atomic E-state index is 13.2. The Bertz CT molecular complexity index is 1050. The van der Waals surface area contributed by atoms with E-state index in [9.17, 15) is 8.42 Å². The summed E-state index contributed by atoms with van der Waals surface area (Å²) in [5.41, 5.74) is 3.70. The van der Waals surface area contributed by atoms with Crippen LogP contribution in [0.5, 0.6) is 0 Å². The molecule has 1 N–H and O–H groups in total. The lowest BCUT2D eigenvalue weighted by Crippen LogP contribution is -2.27. The molecule has 136 valence electrons. The van der Waals surface area contributed by atoms with Crippen LogP contribution in [0, 0.1) is 13.8 Å². The lowest BCUT2D eigenvalue weighted by atomic mass is 9.92. The van der Waals surface area contributed by atoms with Crippen molar-refractivity contribution in [1.29, 1.82) is 0 Å². The van der Waals surface area contributed by atoms with Crippen LogP contribution in [0.15, 0.2) is 47.4 Å². The van der Waals surface area contributed by atoms with Gasteiger partial charge < -0.3 is 5.32 Å². The molecule has 0 amide bonds. The highest BCUT2D eigenvalue weighted by molar-refractivity contribution is 7.90. The summed E-state index contributed by atoms with van der Waals surface area (Å²) in [7, 11) is -3.72. The summed E-state index contributed by atoms with van der Waals surface area (Å²) in [5, 5.41) is 8.94. The summed E-state index contributed by atoms with van der Waals surface area (Å²) >= 11 is 0. The van der Waals surface area contributed by atoms with Gasteiger partial charge >= 0.3 is 0 Å². The third kappa shape index (κ3) is 2.93. The van der Waals surface area contributed by atoms with Crippen LogP contribution in [0.1, 0.15) is 35.6 Å². The van der Waals surface area contributed by atoms with Crippen LogP contribution in [-0.2, 0) is 10.0 Å². The molecule has 1 aromatic heterocycles. The molecule has 1 aliphatic rings. The number of aromatic nitrogens is 2. The molecule has 4 rings (SSSR count). The van der Waals surface area contributed by atoms with Crippen molar-refractivity contribution in [3.8, 4) is 0 Å². The number of benzene rings is 2.